The first-order chi connectivity index (χ1) is 9.25. The summed E-state index contributed by atoms with van der Waals surface area (Å²) in [7, 11) is 0. The van der Waals surface area contributed by atoms with Gasteiger partial charge in [-0.05, 0) is 12.0 Å². The van der Waals surface area contributed by atoms with Gasteiger partial charge in [0, 0.05) is 23.5 Å². The summed E-state index contributed by atoms with van der Waals surface area (Å²) in [6.07, 6.45) is 0.991. The predicted molar refractivity (Wildman–Crippen MR) is 73.4 cm³/mol. The van der Waals surface area contributed by atoms with Gasteiger partial charge in [-0.3, -0.25) is 9.59 Å². The van der Waals surface area contributed by atoms with E-state index in [1.54, 1.807) is 12.1 Å². The highest BCUT2D eigenvalue weighted by atomic mass is 16.1. The van der Waals surface area contributed by atoms with E-state index in [1.165, 1.54) is 0 Å². The van der Waals surface area contributed by atoms with Crippen LogP contribution in [0.2, 0.25) is 0 Å². The van der Waals surface area contributed by atoms with Crippen molar-refractivity contribution in [3.63, 3.8) is 0 Å². The normalized spacial score (nSPS) is 17.3. The summed E-state index contributed by atoms with van der Waals surface area (Å²) < 4.78 is 0. The molecule has 0 spiro atoms. The van der Waals surface area contributed by atoms with E-state index in [4.69, 9.17) is 0 Å². The highest BCUT2D eigenvalue weighted by molar-refractivity contribution is 6.06. The molecule has 0 saturated heterocycles. The van der Waals surface area contributed by atoms with Crippen LogP contribution in [0.25, 0.3) is 0 Å². The Morgan fingerprint density at radius 1 is 1.00 bits per heavy atom. The van der Waals surface area contributed by atoms with Gasteiger partial charge in [-0.15, -0.1) is 0 Å². The highest BCUT2D eigenvalue weighted by Crippen LogP contribution is 2.29. The summed E-state index contributed by atoms with van der Waals surface area (Å²) in [6, 6.07) is 16.8. The van der Waals surface area contributed by atoms with Crippen LogP contribution in [0.3, 0.4) is 0 Å². The number of hydrogen-bond acceptors (Lipinski definition) is 2. The number of benzene rings is 2. The van der Waals surface area contributed by atoms with E-state index in [2.05, 4.69) is 0 Å². The van der Waals surface area contributed by atoms with Crippen molar-refractivity contribution in [3.05, 3.63) is 71.3 Å². The van der Waals surface area contributed by atoms with Crippen molar-refractivity contribution in [2.45, 2.75) is 12.8 Å². The van der Waals surface area contributed by atoms with E-state index >= 15 is 0 Å². The summed E-state index contributed by atoms with van der Waals surface area (Å²) >= 11 is 0. The Balaban J connectivity index is 1.77. The molecule has 0 amide bonds. The summed E-state index contributed by atoms with van der Waals surface area (Å²) in [6.45, 7) is 0. The third-order valence-electron chi connectivity index (χ3n) is 3.65. The topological polar surface area (TPSA) is 34.1 Å². The first-order valence-electron chi connectivity index (χ1n) is 6.46. The first-order valence-corrected chi connectivity index (χ1v) is 6.46. The molecule has 0 bridgehead atoms. The van der Waals surface area contributed by atoms with Crippen LogP contribution in [0.1, 0.15) is 32.7 Å². The van der Waals surface area contributed by atoms with Gasteiger partial charge in [-0.2, -0.15) is 0 Å². The van der Waals surface area contributed by atoms with Crippen molar-refractivity contribution < 1.29 is 9.59 Å². The second-order valence-electron chi connectivity index (χ2n) is 4.92. The third kappa shape index (κ3) is 2.22. The van der Waals surface area contributed by atoms with E-state index in [-0.39, 0.29) is 17.5 Å². The Hall–Kier alpha value is -2.22. The largest absolute Gasteiger partial charge is 0.294 e. The average molecular weight is 250 g/mol. The van der Waals surface area contributed by atoms with Crippen LogP contribution in [-0.2, 0) is 6.42 Å². The minimum Gasteiger partial charge on any atom is -0.294 e. The SMILES string of the molecule is O=C(CC1Cc2ccccc2C1=O)c1ccccc1. The molecule has 94 valence electrons. The lowest BCUT2D eigenvalue weighted by Gasteiger charge is -2.06. The molecule has 1 aliphatic rings. The maximum absolute atomic E-state index is 12.2. The maximum atomic E-state index is 12.2. The van der Waals surface area contributed by atoms with Crippen molar-refractivity contribution in [1.29, 1.82) is 0 Å². The molecule has 2 aromatic carbocycles. The molecule has 1 unspecified atom stereocenters. The van der Waals surface area contributed by atoms with Gasteiger partial charge in [0.2, 0.25) is 0 Å². The molecule has 0 radical (unpaired) electrons. The summed E-state index contributed by atoms with van der Waals surface area (Å²) in [4.78, 5) is 24.4. The van der Waals surface area contributed by atoms with Crippen molar-refractivity contribution in [2.24, 2.45) is 5.92 Å². The minimum absolute atomic E-state index is 0.0479. The quantitative estimate of drug-likeness (QED) is 0.783. The molecule has 2 heteroatoms. The van der Waals surface area contributed by atoms with E-state index in [9.17, 15) is 9.59 Å². The fourth-order valence-electron chi connectivity index (χ4n) is 2.65. The lowest BCUT2D eigenvalue weighted by atomic mass is 9.95. The van der Waals surface area contributed by atoms with Gasteiger partial charge in [-0.25, -0.2) is 0 Å². The lowest BCUT2D eigenvalue weighted by molar-refractivity contribution is 0.0866. The maximum Gasteiger partial charge on any atom is 0.167 e. The van der Waals surface area contributed by atoms with Gasteiger partial charge in [0.15, 0.2) is 11.6 Å². The van der Waals surface area contributed by atoms with Gasteiger partial charge in [-0.1, -0.05) is 54.6 Å². The van der Waals surface area contributed by atoms with Crippen LogP contribution in [0, 0.1) is 5.92 Å². The Kier molecular flexibility index (Phi) is 3.00. The zero-order chi connectivity index (χ0) is 13.2. The average Bonchev–Trinajstić information content (AvgIpc) is 2.77. The van der Waals surface area contributed by atoms with Crippen LogP contribution >= 0.6 is 0 Å². The molecule has 2 nitrogen and oxygen atoms in total. The first kappa shape index (κ1) is 11.8. The zero-order valence-electron chi connectivity index (χ0n) is 10.5. The van der Waals surface area contributed by atoms with E-state index in [0.717, 1.165) is 11.1 Å². The number of rotatable bonds is 3. The molecule has 3 rings (SSSR count). The molecule has 1 atom stereocenters. The molecule has 0 saturated carbocycles. The molecule has 0 fully saturated rings. The van der Waals surface area contributed by atoms with Crippen LogP contribution in [-0.4, -0.2) is 11.6 Å². The molecule has 19 heavy (non-hydrogen) atoms. The van der Waals surface area contributed by atoms with Crippen molar-refractivity contribution in [3.8, 4) is 0 Å². The molecule has 1 aliphatic carbocycles. The molecular weight excluding hydrogens is 236 g/mol. The van der Waals surface area contributed by atoms with Crippen LogP contribution in [0.15, 0.2) is 54.6 Å². The number of carbonyl (C=O) groups excluding carboxylic acids is 2. The number of fused-ring (bicyclic) bond motifs is 1. The Bertz CT molecular complexity index is 629. The molecular formula is C17H14O2. The summed E-state index contributed by atoms with van der Waals surface area (Å²) in [5, 5.41) is 0. The number of Topliss-reactive ketones (excluding diaryl/α,β-unsaturated/α-hetero) is 2. The predicted octanol–water partition coefficient (Wildman–Crippen LogP) is 3.31. The smallest absolute Gasteiger partial charge is 0.167 e. The van der Waals surface area contributed by atoms with Crippen molar-refractivity contribution in [1.82, 2.24) is 0 Å². The van der Waals surface area contributed by atoms with Crippen molar-refractivity contribution >= 4 is 11.6 Å². The van der Waals surface area contributed by atoms with E-state index < -0.39 is 0 Å². The second kappa shape index (κ2) is 4.81. The van der Waals surface area contributed by atoms with Crippen LogP contribution in [0.5, 0.6) is 0 Å². The number of hydrogen-bond donors (Lipinski definition) is 0. The van der Waals surface area contributed by atoms with Gasteiger partial charge < -0.3 is 0 Å². The van der Waals surface area contributed by atoms with E-state index in [0.29, 0.717) is 18.4 Å². The Morgan fingerprint density at radius 3 is 2.42 bits per heavy atom. The van der Waals surface area contributed by atoms with Gasteiger partial charge in [0.25, 0.3) is 0 Å². The number of ketones is 2. The number of carbonyl (C=O) groups is 2. The van der Waals surface area contributed by atoms with Crippen LogP contribution < -0.4 is 0 Å². The fraction of sp³-hybridized carbons (Fsp3) is 0.176. The molecule has 0 N–H and O–H groups in total. The second-order valence-corrected chi connectivity index (χ2v) is 4.92. The summed E-state index contributed by atoms with van der Waals surface area (Å²) in [5.74, 6) is -0.0308. The molecule has 2 aromatic rings. The standard InChI is InChI=1S/C17H14O2/c18-16(12-6-2-1-3-7-12)11-14-10-13-8-4-5-9-15(13)17(14)19/h1-9,14H,10-11H2. The highest BCUT2D eigenvalue weighted by Gasteiger charge is 2.31. The van der Waals surface area contributed by atoms with Crippen molar-refractivity contribution in [2.75, 3.05) is 0 Å². The summed E-state index contributed by atoms with van der Waals surface area (Å²) in [5.41, 5.74) is 2.54. The molecule has 0 aromatic heterocycles. The molecule has 0 aliphatic heterocycles. The van der Waals surface area contributed by atoms with Gasteiger partial charge >= 0.3 is 0 Å². The fourth-order valence-corrected chi connectivity index (χ4v) is 2.65. The monoisotopic (exact) mass is 250 g/mol. The van der Waals surface area contributed by atoms with E-state index in [1.807, 2.05) is 42.5 Å². The Labute approximate surface area is 112 Å². The van der Waals surface area contributed by atoms with Crippen LogP contribution in [0.4, 0.5) is 0 Å². The van der Waals surface area contributed by atoms with Gasteiger partial charge in [0.1, 0.15) is 0 Å². The molecule has 0 heterocycles. The Morgan fingerprint density at radius 2 is 1.68 bits per heavy atom. The zero-order valence-corrected chi connectivity index (χ0v) is 10.5. The minimum atomic E-state index is -0.190. The third-order valence-corrected chi connectivity index (χ3v) is 3.65. The lowest BCUT2D eigenvalue weighted by Crippen LogP contribution is -2.14. The van der Waals surface area contributed by atoms with Gasteiger partial charge in [0.05, 0.1) is 0 Å².